The van der Waals surface area contributed by atoms with E-state index in [0.717, 1.165) is 33.5 Å². The lowest BCUT2D eigenvalue weighted by atomic mass is 9.99. The maximum Gasteiger partial charge on any atom is 0.323 e. The third-order valence-corrected chi connectivity index (χ3v) is 5.13. The van der Waals surface area contributed by atoms with Crippen LogP contribution in [0.1, 0.15) is 28.9 Å². The van der Waals surface area contributed by atoms with Gasteiger partial charge in [0.2, 0.25) is 5.91 Å². The van der Waals surface area contributed by atoms with E-state index >= 15 is 0 Å². The zero-order valence-electron chi connectivity index (χ0n) is 16.3. The van der Waals surface area contributed by atoms with Crippen LogP contribution in [0.25, 0.3) is 22.1 Å². The zero-order valence-corrected chi connectivity index (χ0v) is 16.3. The van der Waals surface area contributed by atoms with Crippen molar-refractivity contribution >= 4 is 33.7 Å². The second kappa shape index (κ2) is 6.63. The van der Waals surface area contributed by atoms with Crippen LogP contribution < -0.4 is 11.0 Å². The van der Waals surface area contributed by atoms with Crippen LogP contribution in [0.3, 0.4) is 0 Å². The largest absolute Gasteiger partial charge is 0.326 e. The Balaban J connectivity index is 1.52. The number of pyridine rings is 1. The fourth-order valence-electron chi connectivity index (χ4n) is 3.80. The predicted octanol–water partition coefficient (Wildman–Crippen LogP) is 2.63. The SMILES string of the molecule is Cc1nc2c(c(C)nn2C)c(C)c1CCC(=O)Nc1ccc2[nH]c(=O)[nH]c2c1. The molecule has 0 radical (unpaired) electrons. The molecule has 3 heterocycles. The first kappa shape index (κ1) is 18.0. The van der Waals surface area contributed by atoms with Gasteiger partial charge < -0.3 is 15.3 Å². The third kappa shape index (κ3) is 3.06. The van der Waals surface area contributed by atoms with Crippen molar-refractivity contribution in [2.24, 2.45) is 7.05 Å². The number of rotatable bonds is 4. The van der Waals surface area contributed by atoms with Crippen LogP contribution in [0, 0.1) is 20.8 Å². The Morgan fingerprint density at radius 3 is 2.68 bits per heavy atom. The van der Waals surface area contributed by atoms with Crippen LogP contribution in [0.4, 0.5) is 5.69 Å². The maximum absolute atomic E-state index is 12.5. The number of carbonyl (C=O) groups is 1. The number of carbonyl (C=O) groups excluding carboxylic acids is 1. The highest BCUT2D eigenvalue weighted by Crippen LogP contribution is 2.26. The second-order valence-electron chi connectivity index (χ2n) is 7.10. The number of imidazole rings is 1. The lowest BCUT2D eigenvalue weighted by molar-refractivity contribution is -0.116. The number of nitrogens with one attached hydrogen (secondary N) is 3. The van der Waals surface area contributed by atoms with E-state index in [2.05, 4.69) is 32.3 Å². The Morgan fingerprint density at radius 2 is 1.89 bits per heavy atom. The molecule has 0 aliphatic rings. The highest BCUT2D eigenvalue weighted by molar-refractivity contribution is 5.93. The molecule has 0 aliphatic carbocycles. The Bertz CT molecular complexity index is 1280. The molecular formula is C20H22N6O2. The monoisotopic (exact) mass is 378 g/mol. The van der Waals surface area contributed by atoms with Gasteiger partial charge in [-0.15, -0.1) is 0 Å². The quantitative estimate of drug-likeness (QED) is 0.507. The first-order chi connectivity index (χ1) is 13.3. The van der Waals surface area contributed by atoms with E-state index in [1.165, 1.54) is 0 Å². The van der Waals surface area contributed by atoms with Crippen LogP contribution in [0.15, 0.2) is 23.0 Å². The maximum atomic E-state index is 12.5. The number of anilines is 1. The fourth-order valence-corrected chi connectivity index (χ4v) is 3.80. The van der Waals surface area contributed by atoms with E-state index in [9.17, 15) is 9.59 Å². The average Bonchev–Trinajstić information content (AvgIpc) is 3.12. The number of H-pyrrole nitrogens is 2. The fraction of sp³-hybridized carbons (Fsp3) is 0.300. The van der Waals surface area contributed by atoms with Crippen molar-refractivity contribution in [3.8, 4) is 0 Å². The van der Waals surface area contributed by atoms with Gasteiger partial charge in [0.05, 0.1) is 16.7 Å². The minimum atomic E-state index is -0.266. The molecule has 8 heteroatoms. The third-order valence-electron chi connectivity index (χ3n) is 5.13. The van der Waals surface area contributed by atoms with Crippen LogP contribution >= 0.6 is 0 Å². The zero-order chi connectivity index (χ0) is 20.0. The van der Waals surface area contributed by atoms with Crippen molar-refractivity contribution in [2.75, 3.05) is 5.32 Å². The van der Waals surface area contributed by atoms with Crippen molar-refractivity contribution < 1.29 is 4.79 Å². The second-order valence-corrected chi connectivity index (χ2v) is 7.10. The Kier molecular flexibility index (Phi) is 4.26. The summed E-state index contributed by atoms with van der Waals surface area (Å²) in [6, 6.07) is 5.28. The molecule has 0 saturated carbocycles. The number of hydrogen-bond acceptors (Lipinski definition) is 4. The number of aryl methyl sites for hydroxylation is 4. The molecule has 0 fully saturated rings. The van der Waals surface area contributed by atoms with Gasteiger partial charge >= 0.3 is 5.69 Å². The summed E-state index contributed by atoms with van der Waals surface area (Å²) in [5.74, 6) is -0.0842. The lowest BCUT2D eigenvalue weighted by Crippen LogP contribution is -2.13. The van der Waals surface area contributed by atoms with E-state index in [1.54, 1.807) is 22.9 Å². The Labute approximate surface area is 161 Å². The summed E-state index contributed by atoms with van der Waals surface area (Å²) in [5.41, 5.74) is 6.72. The van der Waals surface area contributed by atoms with E-state index < -0.39 is 0 Å². The highest BCUT2D eigenvalue weighted by Gasteiger charge is 2.16. The van der Waals surface area contributed by atoms with Crippen molar-refractivity contribution in [3.63, 3.8) is 0 Å². The molecule has 28 heavy (non-hydrogen) atoms. The smallest absolute Gasteiger partial charge is 0.323 e. The molecule has 3 N–H and O–H groups in total. The van der Waals surface area contributed by atoms with E-state index in [4.69, 9.17) is 0 Å². The number of aromatic amines is 2. The summed E-state index contributed by atoms with van der Waals surface area (Å²) in [6.07, 6.45) is 0.944. The molecular weight excluding hydrogens is 356 g/mol. The summed E-state index contributed by atoms with van der Waals surface area (Å²) in [4.78, 5) is 33.9. The van der Waals surface area contributed by atoms with Gasteiger partial charge in [0.25, 0.3) is 0 Å². The summed E-state index contributed by atoms with van der Waals surface area (Å²) >= 11 is 0. The van der Waals surface area contributed by atoms with Crippen molar-refractivity contribution in [1.82, 2.24) is 24.7 Å². The Hall–Kier alpha value is -3.42. The molecule has 0 bridgehead atoms. The first-order valence-electron chi connectivity index (χ1n) is 9.15. The number of benzene rings is 1. The highest BCUT2D eigenvalue weighted by atomic mass is 16.1. The summed E-state index contributed by atoms with van der Waals surface area (Å²) in [5, 5.41) is 8.41. The predicted molar refractivity (Wildman–Crippen MR) is 109 cm³/mol. The van der Waals surface area contributed by atoms with Crippen LogP contribution in [0.5, 0.6) is 0 Å². The summed E-state index contributed by atoms with van der Waals surface area (Å²) in [6.45, 7) is 6.01. The molecule has 1 amide bonds. The molecule has 0 unspecified atom stereocenters. The van der Waals surface area contributed by atoms with Crippen LogP contribution in [0.2, 0.25) is 0 Å². The van der Waals surface area contributed by atoms with E-state index in [-0.39, 0.29) is 11.6 Å². The molecule has 0 spiro atoms. The van der Waals surface area contributed by atoms with E-state index in [0.29, 0.717) is 29.6 Å². The molecule has 1 aromatic carbocycles. The number of nitrogens with zero attached hydrogens (tertiary/aromatic N) is 3. The summed E-state index contributed by atoms with van der Waals surface area (Å²) < 4.78 is 1.79. The standard InChI is InChI=1S/C20H22N6O2/c1-10-14(11(2)21-19-18(10)12(3)25-26(19)4)6-8-17(27)22-13-5-7-15-16(9-13)24-20(28)23-15/h5,7,9H,6,8H2,1-4H3,(H,22,27)(H2,23,24,28). The van der Waals surface area contributed by atoms with Gasteiger partial charge in [-0.1, -0.05) is 0 Å². The van der Waals surface area contributed by atoms with Gasteiger partial charge in [-0.05, 0) is 56.5 Å². The average molecular weight is 378 g/mol. The van der Waals surface area contributed by atoms with Crippen molar-refractivity contribution in [1.29, 1.82) is 0 Å². The molecule has 8 nitrogen and oxygen atoms in total. The van der Waals surface area contributed by atoms with Gasteiger partial charge in [-0.2, -0.15) is 5.10 Å². The molecule has 4 aromatic rings. The molecule has 3 aromatic heterocycles. The molecule has 0 atom stereocenters. The van der Waals surface area contributed by atoms with Gasteiger partial charge in [0, 0.05) is 30.2 Å². The van der Waals surface area contributed by atoms with Gasteiger partial charge in [0.15, 0.2) is 5.65 Å². The van der Waals surface area contributed by atoms with Gasteiger partial charge in [-0.25, -0.2) is 9.78 Å². The molecule has 144 valence electrons. The Morgan fingerprint density at radius 1 is 1.14 bits per heavy atom. The number of amides is 1. The minimum Gasteiger partial charge on any atom is -0.326 e. The molecule has 4 rings (SSSR count). The van der Waals surface area contributed by atoms with Crippen LogP contribution in [-0.2, 0) is 18.3 Å². The van der Waals surface area contributed by atoms with Crippen molar-refractivity contribution in [2.45, 2.75) is 33.6 Å². The number of fused-ring (bicyclic) bond motifs is 2. The summed E-state index contributed by atoms with van der Waals surface area (Å²) in [7, 11) is 1.89. The normalized spacial score (nSPS) is 11.4. The van der Waals surface area contributed by atoms with Gasteiger partial charge in [0.1, 0.15) is 0 Å². The topological polar surface area (TPSA) is 108 Å². The lowest BCUT2D eigenvalue weighted by Gasteiger charge is -2.11. The molecule has 0 aliphatic heterocycles. The molecule has 0 saturated heterocycles. The van der Waals surface area contributed by atoms with E-state index in [1.807, 2.05) is 20.9 Å². The minimum absolute atomic E-state index is 0.0842. The van der Waals surface area contributed by atoms with Crippen molar-refractivity contribution in [3.05, 3.63) is 51.2 Å². The van der Waals surface area contributed by atoms with Gasteiger partial charge in [-0.3, -0.25) is 9.48 Å². The number of aromatic nitrogens is 5. The number of hydrogen-bond donors (Lipinski definition) is 3. The van der Waals surface area contributed by atoms with Crippen LogP contribution in [-0.4, -0.2) is 30.6 Å². The first-order valence-corrected chi connectivity index (χ1v) is 9.15.